The van der Waals surface area contributed by atoms with Crippen LogP contribution in [0.5, 0.6) is 5.75 Å². The van der Waals surface area contributed by atoms with E-state index in [1.165, 1.54) is 19.3 Å². The van der Waals surface area contributed by atoms with Gasteiger partial charge in [0.1, 0.15) is 5.75 Å². The summed E-state index contributed by atoms with van der Waals surface area (Å²) in [6.07, 6.45) is 6.60. The van der Waals surface area contributed by atoms with Crippen molar-refractivity contribution in [3.8, 4) is 5.75 Å². The summed E-state index contributed by atoms with van der Waals surface area (Å²) >= 11 is 3.44. The molecule has 3 N–H and O–H groups in total. The number of benzene rings is 1. The first kappa shape index (κ1) is 16.3. The third-order valence-electron chi connectivity index (χ3n) is 3.77. The summed E-state index contributed by atoms with van der Waals surface area (Å²) in [6.45, 7) is 0.622. The van der Waals surface area contributed by atoms with E-state index in [-0.39, 0.29) is 12.5 Å². The van der Waals surface area contributed by atoms with Gasteiger partial charge in [-0.3, -0.25) is 4.79 Å². The van der Waals surface area contributed by atoms with E-state index in [4.69, 9.17) is 10.5 Å². The van der Waals surface area contributed by atoms with Gasteiger partial charge in [-0.25, -0.2) is 0 Å². The summed E-state index contributed by atoms with van der Waals surface area (Å²) in [5, 5.41) is 3.05. The van der Waals surface area contributed by atoms with E-state index in [2.05, 4.69) is 21.2 Å². The van der Waals surface area contributed by atoms with Gasteiger partial charge in [0.05, 0.1) is 0 Å². The van der Waals surface area contributed by atoms with E-state index >= 15 is 0 Å². The average Bonchev–Trinajstić information content (AvgIpc) is 2.48. The van der Waals surface area contributed by atoms with Crippen LogP contribution in [-0.2, 0) is 11.2 Å². The van der Waals surface area contributed by atoms with Crippen LogP contribution in [0.2, 0.25) is 0 Å². The Hall–Kier alpha value is -1.07. The molecule has 1 aromatic carbocycles. The van der Waals surface area contributed by atoms with Crippen LogP contribution in [0.15, 0.2) is 22.7 Å². The highest BCUT2D eigenvalue weighted by atomic mass is 79.9. The summed E-state index contributed by atoms with van der Waals surface area (Å²) in [6, 6.07) is 6.10. The van der Waals surface area contributed by atoms with Crippen LogP contribution in [0.3, 0.4) is 0 Å². The molecule has 5 heteroatoms. The van der Waals surface area contributed by atoms with Gasteiger partial charge in [0.15, 0.2) is 6.61 Å². The lowest BCUT2D eigenvalue weighted by atomic mass is 9.95. The van der Waals surface area contributed by atoms with Crippen molar-refractivity contribution in [2.45, 2.75) is 44.6 Å². The molecule has 4 nitrogen and oxygen atoms in total. The highest BCUT2D eigenvalue weighted by Gasteiger charge is 2.16. The maximum absolute atomic E-state index is 12.0. The Bertz CT molecular complexity index is 473. The minimum atomic E-state index is -0.0384. The fraction of sp³-hybridized carbons (Fsp3) is 0.562. The zero-order valence-electron chi connectivity index (χ0n) is 12.2. The Labute approximate surface area is 134 Å². The van der Waals surface area contributed by atoms with Crippen molar-refractivity contribution < 1.29 is 9.53 Å². The molecule has 116 valence electrons. The number of rotatable bonds is 6. The molecule has 1 aliphatic carbocycles. The molecule has 2 rings (SSSR count). The Morgan fingerprint density at radius 3 is 2.81 bits per heavy atom. The Morgan fingerprint density at radius 2 is 2.10 bits per heavy atom. The van der Waals surface area contributed by atoms with Crippen molar-refractivity contribution in [3.05, 3.63) is 28.2 Å². The van der Waals surface area contributed by atoms with E-state index in [0.717, 1.165) is 35.0 Å². The number of carbonyl (C=O) groups excluding carboxylic acids is 1. The second-order valence-electron chi connectivity index (χ2n) is 5.48. The first-order valence-corrected chi connectivity index (χ1v) is 8.39. The molecule has 0 unspecified atom stereocenters. The summed E-state index contributed by atoms with van der Waals surface area (Å²) < 4.78 is 6.65. The molecule has 0 aromatic heterocycles. The minimum absolute atomic E-state index is 0.0384. The number of nitrogens with one attached hydrogen (secondary N) is 1. The van der Waals surface area contributed by atoms with Crippen molar-refractivity contribution in [1.82, 2.24) is 5.32 Å². The van der Waals surface area contributed by atoms with Crippen molar-refractivity contribution in [1.29, 1.82) is 0 Å². The maximum atomic E-state index is 12.0. The largest absolute Gasteiger partial charge is 0.483 e. The molecule has 0 spiro atoms. The first-order valence-electron chi connectivity index (χ1n) is 7.59. The molecular formula is C16H23BrN2O2. The van der Waals surface area contributed by atoms with Crippen molar-refractivity contribution >= 4 is 21.8 Å². The van der Waals surface area contributed by atoms with Crippen molar-refractivity contribution in [2.75, 3.05) is 13.2 Å². The molecule has 0 bridgehead atoms. The zero-order valence-corrected chi connectivity index (χ0v) is 13.8. The van der Waals surface area contributed by atoms with Crippen LogP contribution < -0.4 is 15.8 Å². The molecule has 0 aliphatic heterocycles. The molecule has 21 heavy (non-hydrogen) atoms. The number of carbonyl (C=O) groups is 1. The lowest BCUT2D eigenvalue weighted by molar-refractivity contribution is -0.124. The number of ether oxygens (including phenoxy) is 1. The zero-order chi connectivity index (χ0) is 15.1. The minimum Gasteiger partial charge on any atom is -0.483 e. The lowest BCUT2D eigenvalue weighted by Crippen LogP contribution is -2.39. The normalized spacial score (nSPS) is 15.7. The van der Waals surface area contributed by atoms with Gasteiger partial charge in [0.2, 0.25) is 0 Å². The number of nitrogens with two attached hydrogens (primary N) is 1. The van der Waals surface area contributed by atoms with Crippen molar-refractivity contribution in [2.24, 2.45) is 5.73 Å². The molecule has 0 heterocycles. The van der Waals surface area contributed by atoms with Gasteiger partial charge in [-0.2, -0.15) is 0 Å². The van der Waals surface area contributed by atoms with Crippen LogP contribution >= 0.6 is 15.9 Å². The summed E-state index contributed by atoms with van der Waals surface area (Å²) in [5.74, 6) is 0.700. The summed E-state index contributed by atoms with van der Waals surface area (Å²) in [5.41, 5.74) is 6.63. The van der Waals surface area contributed by atoms with E-state index in [9.17, 15) is 4.79 Å². The second-order valence-corrected chi connectivity index (χ2v) is 6.40. The van der Waals surface area contributed by atoms with Crippen LogP contribution in [0.4, 0.5) is 0 Å². The van der Waals surface area contributed by atoms with Gasteiger partial charge in [0.25, 0.3) is 5.91 Å². The van der Waals surface area contributed by atoms with E-state index in [0.29, 0.717) is 12.6 Å². The highest BCUT2D eigenvalue weighted by molar-refractivity contribution is 9.10. The Kier molecular flexibility index (Phi) is 6.51. The quantitative estimate of drug-likeness (QED) is 0.825. The third kappa shape index (κ3) is 5.32. The fourth-order valence-corrected chi connectivity index (χ4v) is 3.11. The monoisotopic (exact) mass is 354 g/mol. The molecule has 0 atom stereocenters. The predicted octanol–water partition coefficient (Wildman–Crippen LogP) is 2.78. The van der Waals surface area contributed by atoms with E-state index in [1.807, 2.05) is 18.2 Å². The van der Waals surface area contributed by atoms with Gasteiger partial charge in [-0.05, 0) is 49.6 Å². The molecule has 1 saturated carbocycles. The molecule has 1 aromatic rings. The van der Waals surface area contributed by atoms with Crippen LogP contribution in [-0.4, -0.2) is 25.1 Å². The van der Waals surface area contributed by atoms with Crippen LogP contribution in [0, 0.1) is 0 Å². The summed E-state index contributed by atoms with van der Waals surface area (Å²) in [7, 11) is 0. The molecule has 0 radical (unpaired) electrons. The number of amides is 1. The highest BCUT2D eigenvalue weighted by Crippen LogP contribution is 2.23. The van der Waals surface area contributed by atoms with Crippen LogP contribution in [0.25, 0.3) is 0 Å². The van der Waals surface area contributed by atoms with Crippen molar-refractivity contribution in [3.63, 3.8) is 0 Å². The van der Waals surface area contributed by atoms with Gasteiger partial charge >= 0.3 is 0 Å². The number of hydrogen-bond acceptors (Lipinski definition) is 3. The topological polar surface area (TPSA) is 64.3 Å². The maximum Gasteiger partial charge on any atom is 0.258 e. The molecule has 1 amide bonds. The SMILES string of the molecule is NCCc1cc(Br)ccc1OCC(=O)NC1CCCCC1. The molecular weight excluding hydrogens is 332 g/mol. The lowest BCUT2D eigenvalue weighted by Gasteiger charge is -2.22. The van der Waals surface area contributed by atoms with Gasteiger partial charge in [-0.15, -0.1) is 0 Å². The predicted molar refractivity (Wildman–Crippen MR) is 87.4 cm³/mol. The second kappa shape index (κ2) is 8.39. The van der Waals surface area contributed by atoms with Crippen LogP contribution in [0.1, 0.15) is 37.7 Å². The Balaban J connectivity index is 1.85. The standard InChI is InChI=1S/C16H23BrN2O2/c17-13-6-7-15(12(10-13)8-9-18)21-11-16(20)19-14-4-2-1-3-5-14/h6-7,10,14H,1-5,8-9,11,18H2,(H,19,20). The number of halogens is 1. The first-order chi connectivity index (χ1) is 10.2. The molecule has 1 fully saturated rings. The smallest absolute Gasteiger partial charge is 0.258 e. The van der Waals surface area contributed by atoms with Gasteiger partial charge in [-0.1, -0.05) is 35.2 Å². The van der Waals surface area contributed by atoms with E-state index < -0.39 is 0 Å². The van der Waals surface area contributed by atoms with Gasteiger partial charge in [0, 0.05) is 10.5 Å². The molecule has 1 aliphatic rings. The molecule has 0 saturated heterocycles. The van der Waals surface area contributed by atoms with E-state index in [1.54, 1.807) is 0 Å². The van der Waals surface area contributed by atoms with Gasteiger partial charge < -0.3 is 15.8 Å². The summed E-state index contributed by atoms with van der Waals surface area (Å²) in [4.78, 5) is 12.0. The third-order valence-corrected chi connectivity index (χ3v) is 4.26. The fourth-order valence-electron chi connectivity index (χ4n) is 2.70. The number of hydrogen-bond donors (Lipinski definition) is 2. The Morgan fingerprint density at radius 1 is 1.33 bits per heavy atom. The average molecular weight is 355 g/mol.